The summed E-state index contributed by atoms with van der Waals surface area (Å²) < 4.78 is 0. The molecule has 2 aliphatic heterocycles. The molecule has 1 aromatic heterocycles. The number of carbonyl (C=O) groups excluding carboxylic acids is 2. The van der Waals surface area contributed by atoms with Crippen molar-refractivity contribution in [3.63, 3.8) is 0 Å². The number of nitrogens with one attached hydrogen (secondary N) is 1. The van der Waals surface area contributed by atoms with Gasteiger partial charge in [-0.05, 0) is 34.4 Å². The van der Waals surface area contributed by atoms with Crippen LogP contribution in [0.5, 0.6) is 0 Å². The number of aromatic nitrogens is 1. The summed E-state index contributed by atoms with van der Waals surface area (Å²) in [5, 5.41) is 25.1. The second-order valence-electron chi connectivity index (χ2n) is 11.0. The average Bonchev–Trinajstić information content (AvgIpc) is 3.51. The Labute approximate surface area is 252 Å². The monoisotopic (exact) mass is 588 g/mol. The van der Waals surface area contributed by atoms with Crippen LogP contribution in [0.4, 0.5) is 5.69 Å². The highest BCUT2D eigenvalue weighted by atomic mass is 16.6. The van der Waals surface area contributed by atoms with Gasteiger partial charge < -0.3 is 5.11 Å². The van der Waals surface area contributed by atoms with E-state index in [0.29, 0.717) is 16.8 Å². The molecule has 2 amide bonds. The molecule has 3 aromatic carbocycles. The van der Waals surface area contributed by atoms with Gasteiger partial charge in [-0.3, -0.25) is 39.7 Å². The van der Waals surface area contributed by atoms with E-state index >= 15 is 0 Å². The first-order valence-electron chi connectivity index (χ1n) is 14.1. The number of amides is 2. The zero-order valence-corrected chi connectivity index (χ0v) is 23.4. The van der Waals surface area contributed by atoms with Crippen molar-refractivity contribution in [3.8, 4) is 0 Å². The first-order valence-corrected chi connectivity index (χ1v) is 14.1. The molecule has 2 N–H and O–H groups in total. The standard InChI is InChI=1S/C34H28N4O6/c39-31-28-29(32(40)37(31)21-26-8-4-5-19-35-26)34(33(41)42,20-24-13-17-27(18-14-24)38(43)44)36-30(28)25-15-11-23(12-16-25)10-9-22-6-2-1-3-7-22/h1-19,28-30,36H,20-21H2,(H,41,42). The molecule has 0 aliphatic carbocycles. The number of rotatable bonds is 9. The molecule has 10 nitrogen and oxygen atoms in total. The summed E-state index contributed by atoms with van der Waals surface area (Å²) in [6.07, 6.45) is 5.34. The first-order chi connectivity index (χ1) is 21.3. The maximum Gasteiger partial charge on any atom is 0.325 e. The third-order valence-electron chi connectivity index (χ3n) is 8.37. The summed E-state index contributed by atoms with van der Waals surface area (Å²) in [5.41, 5.74) is 1.63. The Morgan fingerprint density at radius 1 is 0.909 bits per heavy atom. The highest BCUT2D eigenvalue weighted by molar-refractivity contribution is 6.09. The van der Waals surface area contributed by atoms with Crippen molar-refractivity contribution in [1.29, 1.82) is 0 Å². The van der Waals surface area contributed by atoms with E-state index in [1.165, 1.54) is 24.3 Å². The lowest BCUT2D eigenvalue weighted by atomic mass is 9.76. The van der Waals surface area contributed by atoms with Crippen molar-refractivity contribution in [3.05, 3.63) is 141 Å². The van der Waals surface area contributed by atoms with Crippen LogP contribution in [0.1, 0.15) is 34.0 Å². The van der Waals surface area contributed by atoms with E-state index in [4.69, 9.17) is 0 Å². The number of likely N-dealkylation sites (tertiary alicyclic amines) is 1. The van der Waals surface area contributed by atoms with Gasteiger partial charge in [0, 0.05) is 30.8 Å². The summed E-state index contributed by atoms with van der Waals surface area (Å²) in [4.78, 5) is 57.1. The second-order valence-corrected chi connectivity index (χ2v) is 11.0. The lowest BCUT2D eigenvalue weighted by Crippen LogP contribution is -2.57. The van der Waals surface area contributed by atoms with Crippen molar-refractivity contribution < 1.29 is 24.4 Å². The van der Waals surface area contributed by atoms with E-state index in [9.17, 15) is 29.6 Å². The van der Waals surface area contributed by atoms with Gasteiger partial charge in [-0.2, -0.15) is 0 Å². The van der Waals surface area contributed by atoms with Crippen LogP contribution in [0, 0.1) is 22.0 Å². The molecule has 2 fully saturated rings. The topological polar surface area (TPSA) is 143 Å². The van der Waals surface area contributed by atoms with Gasteiger partial charge >= 0.3 is 5.97 Å². The number of fused-ring (bicyclic) bond motifs is 1. The molecule has 4 unspecified atom stereocenters. The summed E-state index contributed by atoms with van der Waals surface area (Å²) in [5.74, 6) is -4.54. The summed E-state index contributed by atoms with van der Waals surface area (Å²) in [6.45, 7) is -0.0747. The molecule has 6 rings (SSSR count). The molecule has 220 valence electrons. The molecule has 10 heteroatoms. The van der Waals surface area contributed by atoms with Gasteiger partial charge in [-0.25, -0.2) is 0 Å². The van der Waals surface area contributed by atoms with E-state index < -0.39 is 46.1 Å². The quantitative estimate of drug-likeness (QED) is 0.124. The highest BCUT2D eigenvalue weighted by Gasteiger charge is 2.68. The smallest absolute Gasteiger partial charge is 0.325 e. The molecule has 0 radical (unpaired) electrons. The Bertz CT molecular complexity index is 1740. The van der Waals surface area contributed by atoms with E-state index in [-0.39, 0.29) is 18.7 Å². The lowest BCUT2D eigenvalue weighted by molar-refractivity contribution is -0.384. The number of hydrogen-bond donors (Lipinski definition) is 2. The molecule has 3 heterocycles. The largest absolute Gasteiger partial charge is 0.480 e. The van der Waals surface area contributed by atoms with Gasteiger partial charge in [0.05, 0.1) is 29.0 Å². The molecule has 2 aliphatic rings. The number of non-ortho nitro benzene ring substituents is 1. The fourth-order valence-electron chi connectivity index (χ4n) is 6.22. The fraction of sp³-hybridized carbons (Fsp3) is 0.176. The van der Waals surface area contributed by atoms with E-state index in [1.54, 1.807) is 24.4 Å². The number of nitrogens with zero attached hydrogens (tertiary/aromatic N) is 3. The van der Waals surface area contributed by atoms with Gasteiger partial charge in [0.2, 0.25) is 11.8 Å². The lowest BCUT2D eigenvalue weighted by Gasteiger charge is -2.31. The minimum absolute atomic E-state index is 0.0747. The Morgan fingerprint density at radius 2 is 1.57 bits per heavy atom. The van der Waals surface area contributed by atoms with Crippen molar-refractivity contribution in [2.24, 2.45) is 11.8 Å². The molecular formula is C34H28N4O6. The third kappa shape index (κ3) is 5.27. The Kier molecular flexibility index (Phi) is 7.59. The zero-order chi connectivity index (χ0) is 30.8. The molecular weight excluding hydrogens is 560 g/mol. The van der Waals surface area contributed by atoms with Gasteiger partial charge in [0.1, 0.15) is 5.54 Å². The number of carboxylic acid groups (broad SMARTS) is 1. The van der Waals surface area contributed by atoms with Crippen molar-refractivity contribution in [2.75, 3.05) is 0 Å². The Morgan fingerprint density at radius 3 is 2.18 bits per heavy atom. The van der Waals surface area contributed by atoms with Crippen LogP contribution in [-0.2, 0) is 27.3 Å². The number of carboxylic acids is 1. The van der Waals surface area contributed by atoms with Gasteiger partial charge in [0.15, 0.2) is 0 Å². The molecule has 2 saturated heterocycles. The number of benzene rings is 3. The predicted octanol–water partition coefficient (Wildman–Crippen LogP) is 4.67. The number of carbonyl (C=O) groups is 3. The van der Waals surface area contributed by atoms with Crippen LogP contribution in [0.15, 0.2) is 103 Å². The van der Waals surface area contributed by atoms with Gasteiger partial charge in [0.25, 0.3) is 5.69 Å². The number of imide groups is 1. The summed E-state index contributed by atoms with van der Waals surface area (Å²) in [6, 6.07) is 27.2. The predicted molar refractivity (Wildman–Crippen MR) is 162 cm³/mol. The molecule has 0 saturated carbocycles. The van der Waals surface area contributed by atoms with Crippen LogP contribution in [0.2, 0.25) is 0 Å². The summed E-state index contributed by atoms with van der Waals surface area (Å²) >= 11 is 0. The number of pyridine rings is 1. The highest BCUT2D eigenvalue weighted by Crippen LogP contribution is 2.50. The summed E-state index contributed by atoms with van der Waals surface area (Å²) in [7, 11) is 0. The molecule has 0 bridgehead atoms. The average molecular weight is 589 g/mol. The third-order valence-corrected chi connectivity index (χ3v) is 8.37. The number of nitro benzene ring substituents is 1. The molecule has 44 heavy (non-hydrogen) atoms. The van der Waals surface area contributed by atoms with Gasteiger partial charge in [-0.15, -0.1) is 0 Å². The number of aliphatic carboxylic acids is 1. The maximum atomic E-state index is 14.0. The first kappa shape index (κ1) is 28.6. The molecule has 4 atom stereocenters. The van der Waals surface area contributed by atoms with Crippen molar-refractivity contribution in [1.82, 2.24) is 15.2 Å². The van der Waals surface area contributed by atoms with E-state index in [2.05, 4.69) is 10.3 Å². The maximum absolute atomic E-state index is 14.0. The molecule has 0 spiro atoms. The zero-order valence-electron chi connectivity index (χ0n) is 23.4. The van der Waals surface area contributed by atoms with Crippen LogP contribution < -0.4 is 5.32 Å². The number of hydrogen-bond acceptors (Lipinski definition) is 7. The van der Waals surface area contributed by atoms with Crippen LogP contribution in [0.3, 0.4) is 0 Å². The van der Waals surface area contributed by atoms with Crippen LogP contribution in [0.25, 0.3) is 12.2 Å². The van der Waals surface area contributed by atoms with Gasteiger partial charge in [-0.1, -0.05) is 84.9 Å². The minimum Gasteiger partial charge on any atom is -0.480 e. The molecule has 4 aromatic rings. The van der Waals surface area contributed by atoms with Crippen molar-refractivity contribution >= 4 is 35.6 Å². The normalized spacial score (nSPS) is 22.8. The second kappa shape index (κ2) is 11.7. The SMILES string of the molecule is O=C1C2C(c3ccc(C=Cc4ccccc4)cc3)NC(Cc3ccc([N+](=O)[O-])cc3)(C(=O)O)C2C(=O)N1Cc1ccccn1. The Balaban J connectivity index is 1.37. The van der Waals surface area contributed by atoms with E-state index in [0.717, 1.165) is 16.0 Å². The minimum atomic E-state index is -1.84. The Hall–Kier alpha value is -5.48. The van der Waals surface area contributed by atoms with Crippen molar-refractivity contribution in [2.45, 2.75) is 24.5 Å². The van der Waals surface area contributed by atoms with Crippen LogP contribution >= 0.6 is 0 Å². The van der Waals surface area contributed by atoms with Crippen LogP contribution in [-0.4, -0.2) is 43.2 Å². The van der Waals surface area contributed by atoms with E-state index in [1.807, 2.05) is 66.7 Å². The number of nitro groups is 1. The fourth-order valence-corrected chi connectivity index (χ4v) is 6.22.